The van der Waals surface area contributed by atoms with E-state index in [1.54, 1.807) is 6.20 Å². The molecule has 17 heavy (non-hydrogen) atoms. The van der Waals surface area contributed by atoms with Gasteiger partial charge in [0.05, 0.1) is 3.57 Å². The van der Waals surface area contributed by atoms with Crippen LogP contribution in [0.25, 0.3) is 0 Å². The minimum Gasteiger partial charge on any atom is -0.488 e. The zero-order valence-electron chi connectivity index (χ0n) is 9.06. The zero-order valence-corrected chi connectivity index (χ0v) is 11.2. The molecule has 0 atom stereocenters. The van der Waals surface area contributed by atoms with Gasteiger partial charge in [-0.15, -0.1) is 0 Å². The van der Waals surface area contributed by atoms with Crippen molar-refractivity contribution in [3.63, 3.8) is 0 Å². The topological polar surface area (TPSA) is 60.2 Å². The van der Waals surface area contributed by atoms with E-state index in [2.05, 4.69) is 33.0 Å². The van der Waals surface area contributed by atoms with Crippen LogP contribution >= 0.6 is 22.6 Å². The third-order valence-corrected chi connectivity index (χ3v) is 3.14. The lowest BCUT2D eigenvalue weighted by Crippen LogP contribution is -2.12. The molecule has 0 bridgehead atoms. The van der Waals surface area contributed by atoms with Crippen LogP contribution in [0.5, 0.6) is 5.75 Å². The summed E-state index contributed by atoms with van der Waals surface area (Å²) < 4.78 is 6.80. The van der Waals surface area contributed by atoms with Crippen LogP contribution in [-0.2, 0) is 6.61 Å². The molecule has 0 spiro atoms. The second-order valence-electron chi connectivity index (χ2n) is 3.37. The molecule has 0 aliphatic heterocycles. The highest BCUT2D eigenvalue weighted by Gasteiger charge is 2.04. The molecular weight excluding hydrogens is 329 g/mol. The number of nitrogens with one attached hydrogen (secondary N) is 1. The summed E-state index contributed by atoms with van der Waals surface area (Å²) in [6.07, 6.45) is 1.69. The van der Waals surface area contributed by atoms with E-state index in [1.165, 1.54) is 0 Å². The number of benzene rings is 1. The van der Waals surface area contributed by atoms with E-state index in [-0.39, 0.29) is 0 Å². The molecule has 0 unspecified atom stereocenters. The first-order valence-corrected chi connectivity index (χ1v) is 6.17. The summed E-state index contributed by atoms with van der Waals surface area (Å²) in [6, 6.07) is 11.6. The molecule has 1 aromatic carbocycles. The van der Waals surface area contributed by atoms with Crippen LogP contribution in [0.3, 0.4) is 0 Å². The molecule has 0 fully saturated rings. The highest BCUT2D eigenvalue weighted by molar-refractivity contribution is 14.1. The van der Waals surface area contributed by atoms with E-state index in [0.717, 1.165) is 14.9 Å². The third-order valence-electron chi connectivity index (χ3n) is 2.25. The lowest BCUT2D eigenvalue weighted by atomic mass is 10.2. The van der Waals surface area contributed by atoms with Crippen molar-refractivity contribution in [2.24, 2.45) is 5.84 Å². The van der Waals surface area contributed by atoms with E-state index < -0.39 is 0 Å². The Hall–Kier alpha value is -1.34. The maximum absolute atomic E-state index is 5.72. The Morgan fingerprint density at radius 3 is 2.82 bits per heavy atom. The second kappa shape index (κ2) is 5.83. The number of hydrogen-bond donors (Lipinski definition) is 2. The average molecular weight is 341 g/mol. The maximum atomic E-state index is 5.72. The molecule has 1 aromatic heterocycles. The summed E-state index contributed by atoms with van der Waals surface area (Å²) in [4.78, 5) is 4.11. The number of hydrogen-bond acceptors (Lipinski definition) is 4. The van der Waals surface area contributed by atoms with Gasteiger partial charge < -0.3 is 10.2 Å². The molecule has 0 amide bonds. The fourth-order valence-electron chi connectivity index (χ4n) is 1.40. The van der Waals surface area contributed by atoms with Gasteiger partial charge in [-0.25, -0.2) is 10.8 Å². The molecule has 88 valence electrons. The monoisotopic (exact) mass is 341 g/mol. The van der Waals surface area contributed by atoms with Gasteiger partial charge in [-0.2, -0.15) is 0 Å². The van der Waals surface area contributed by atoms with Crippen molar-refractivity contribution in [2.45, 2.75) is 6.61 Å². The largest absolute Gasteiger partial charge is 0.488 e. The van der Waals surface area contributed by atoms with Gasteiger partial charge >= 0.3 is 0 Å². The minimum absolute atomic E-state index is 0.438. The van der Waals surface area contributed by atoms with Gasteiger partial charge in [-0.05, 0) is 40.8 Å². The van der Waals surface area contributed by atoms with Gasteiger partial charge in [0, 0.05) is 11.8 Å². The molecule has 0 aliphatic carbocycles. The minimum atomic E-state index is 0.438. The molecular formula is C12H12IN3O. The molecule has 0 aliphatic rings. The van der Waals surface area contributed by atoms with E-state index in [1.807, 2.05) is 36.4 Å². The molecule has 1 heterocycles. The number of aromatic nitrogens is 1. The van der Waals surface area contributed by atoms with Gasteiger partial charge in [-0.3, -0.25) is 0 Å². The van der Waals surface area contributed by atoms with Crippen molar-refractivity contribution >= 4 is 28.4 Å². The lowest BCUT2D eigenvalue weighted by Gasteiger charge is -2.10. The maximum Gasteiger partial charge on any atom is 0.146 e. The lowest BCUT2D eigenvalue weighted by molar-refractivity contribution is 0.304. The van der Waals surface area contributed by atoms with Crippen LogP contribution in [0.1, 0.15) is 5.56 Å². The molecule has 5 heteroatoms. The van der Waals surface area contributed by atoms with E-state index in [0.29, 0.717) is 12.4 Å². The summed E-state index contributed by atoms with van der Waals surface area (Å²) in [7, 11) is 0. The Balaban J connectivity index is 2.10. The standard InChI is InChI=1S/C12H12IN3O/c13-10-5-1-2-6-11(10)17-8-9-4-3-7-15-12(9)16-14/h1-7H,8,14H2,(H,15,16). The Morgan fingerprint density at radius 1 is 1.24 bits per heavy atom. The van der Waals surface area contributed by atoms with Gasteiger partial charge in [0.15, 0.2) is 0 Å². The molecule has 0 saturated heterocycles. The van der Waals surface area contributed by atoms with Crippen molar-refractivity contribution in [2.75, 3.05) is 5.43 Å². The molecule has 0 radical (unpaired) electrons. The Labute approximate surface area is 113 Å². The molecule has 2 rings (SSSR count). The number of nitrogens with two attached hydrogens (primary N) is 1. The zero-order chi connectivity index (χ0) is 12.1. The fourth-order valence-corrected chi connectivity index (χ4v) is 1.95. The Morgan fingerprint density at radius 2 is 2.06 bits per heavy atom. The summed E-state index contributed by atoms with van der Waals surface area (Å²) in [6.45, 7) is 0.438. The molecule has 4 nitrogen and oxygen atoms in total. The highest BCUT2D eigenvalue weighted by atomic mass is 127. The average Bonchev–Trinajstić information content (AvgIpc) is 2.38. The van der Waals surface area contributed by atoms with E-state index in [9.17, 15) is 0 Å². The number of ether oxygens (including phenoxy) is 1. The summed E-state index contributed by atoms with van der Waals surface area (Å²) in [5, 5.41) is 0. The van der Waals surface area contributed by atoms with Crippen LogP contribution in [0, 0.1) is 3.57 Å². The van der Waals surface area contributed by atoms with Crippen molar-refractivity contribution in [1.29, 1.82) is 0 Å². The number of halogens is 1. The second-order valence-corrected chi connectivity index (χ2v) is 4.54. The first-order valence-electron chi connectivity index (χ1n) is 5.09. The van der Waals surface area contributed by atoms with Gasteiger partial charge in [0.25, 0.3) is 0 Å². The van der Waals surface area contributed by atoms with Crippen LogP contribution in [0.15, 0.2) is 42.6 Å². The van der Waals surface area contributed by atoms with Crippen molar-refractivity contribution in [3.05, 3.63) is 51.7 Å². The molecule has 3 N–H and O–H groups in total. The van der Waals surface area contributed by atoms with Gasteiger partial charge in [0.2, 0.25) is 0 Å². The number of para-hydroxylation sites is 1. The quantitative estimate of drug-likeness (QED) is 0.510. The number of rotatable bonds is 4. The van der Waals surface area contributed by atoms with Crippen molar-refractivity contribution in [1.82, 2.24) is 4.98 Å². The summed E-state index contributed by atoms with van der Waals surface area (Å²) in [5.41, 5.74) is 3.48. The first kappa shape index (κ1) is 12.1. The van der Waals surface area contributed by atoms with Crippen molar-refractivity contribution in [3.8, 4) is 5.75 Å². The summed E-state index contributed by atoms with van der Waals surface area (Å²) >= 11 is 2.24. The Bertz CT molecular complexity index is 505. The smallest absolute Gasteiger partial charge is 0.146 e. The molecule has 0 saturated carbocycles. The number of nitrogen functional groups attached to an aromatic ring is 1. The van der Waals surface area contributed by atoms with Crippen LogP contribution in [0.4, 0.5) is 5.82 Å². The summed E-state index contributed by atoms with van der Waals surface area (Å²) in [5.74, 6) is 6.88. The predicted octanol–water partition coefficient (Wildman–Crippen LogP) is 2.55. The predicted molar refractivity (Wildman–Crippen MR) is 75.5 cm³/mol. The van der Waals surface area contributed by atoms with Crippen molar-refractivity contribution < 1.29 is 4.74 Å². The normalized spacial score (nSPS) is 10.0. The highest BCUT2D eigenvalue weighted by Crippen LogP contribution is 2.21. The number of anilines is 1. The Kier molecular flexibility index (Phi) is 4.16. The molecule has 2 aromatic rings. The SMILES string of the molecule is NNc1ncccc1COc1ccccc1I. The number of hydrazine groups is 1. The number of nitrogens with zero attached hydrogens (tertiary/aromatic N) is 1. The first-order chi connectivity index (χ1) is 8.31. The van der Waals surface area contributed by atoms with Gasteiger partial charge in [0.1, 0.15) is 18.2 Å². The van der Waals surface area contributed by atoms with Crippen LogP contribution in [0.2, 0.25) is 0 Å². The van der Waals surface area contributed by atoms with Gasteiger partial charge in [-0.1, -0.05) is 18.2 Å². The van der Waals surface area contributed by atoms with E-state index in [4.69, 9.17) is 10.6 Å². The van der Waals surface area contributed by atoms with Crippen LogP contribution < -0.4 is 16.0 Å². The number of pyridine rings is 1. The van der Waals surface area contributed by atoms with E-state index >= 15 is 0 Å². The fraction of sp³-hybridized carbons (Fsp3) is 0.0833. The third kappa shape index (κ3) is 3.07. The van der Waals surface area contributed by atoms with Crippen LogP contribution in [-0.4, -0.2) is 4.98 Å².